The average Bonchev–Trinajstić information content (AvgIpc) is 2.60. The first-order chi connectivity index (χ1) is 11.5. The molecule has 1 atom stereocenters. The Labute approximate surface area is 167 Å². The number of nitrogens with two attached hydrogens (primary N) is 1. The van der Waals surface area contributed by atoms with Crippen molar-refractivity contribution in [3.63, 3.8) is 0 Å². The summed E-state index contributed by atoms with van der Waals surface area (Å²) < 4.78 is 5.09. The standard InChI is InChI=1S/C17H26N4O3.2ClH/c1-20-7-9-21(10-8-20)17(23)13-3-5-14(6-4-13)19-16(22)11-15(12-18)24-2;;/h3-6,15H,7-12,18H2,1-2H3,(H,19,22);2*1H. The zero-order valence-electron chi connectivity index (χ0n) is 15.1. The first kappa shape index (κ1) is 24.6. The van der Waals surface area contributed by atoms with Crippen LogP contribution in [0.1, 0.15) is 16.8 Å². The molecule has 1 aliphatic rings. The van der Waals surface area contributed by atoms with Crippen molar-refractivity contribution in [2.45, 2.75) is 12.5 Å². The van der Waals surface area contributed by atoms with Gasteiger partial charge in [0.15, 0.2) is 0 Å². The smallest absolute Gasteiger partial charge is 0.253 e. The first-order valence-corrected chi connectivity index (χ1v) is 8.14. The van der Waals surface area contributed by atoms with Crippen LogP contribution in [0.2, 0.25) is 0 Å². The average molecular weight is 407 g/mol. The summed E-state index contributed by atoms with van der Waals surface area (Å²) in [6.45, 7) is 3.56. The Balaban J connectivity index is 0.00000312. The van der Waals surface area contributed by atoms with Crippen molar-refractivity contribution in [1.29, 1.82) is 0 Å². The van der Waals surface area contributed by atoms with Gasteiger partial charge in [0.1, 0.15) is 0 Å². The van der Waals surface area contributed by atoms with E-state index in [1.807, 2.05) is 4.90 Å². The van der Waals surface area contributed by atoms with Gasteiger partial charge in [0, 0.05) is 51.1 Å². The molecule has 7 nitrogen and oxygen atoms in total. The summed E-state index contributed by atoms with van der Waals surface area (Å²) >= 11 is 0. The predicted molar refractivity (Wildman–Crippen MR) is 107 cm³/mol. The highest BCUT2D eigenvalue weighted by Gasteiger charge is 2.20. The molecule has 1 heterocycles. The highest BCUT2D eigenvalue weighted by molar-refractivity contribution is 5.96. The van der Waals surface area contributed by atoms with Gasteiger partial charge in [-0.1, -0.05) is 0 Å². The molecule has 1 aliphatic heterocycles. The van der Waals surface area contributed by atoms with Gasteiger partial charge in [0.25, 0.3) is 5.91 Å². The molecule has 0 bridgehead atoms. The van der Waals surface area contributed by atoms with Crippen LogP contribution in [0.15, 0.2) is 24.3 Å². The number of anilines is 1. The molecular formula is C17H28Cl2N4O3. The number of piperazine rings is 1. The maximum absolute atomic E-state index is 12.5. The summed E-state index contributed by atoms with van der Waals surface area (Å²) in [4.78, 5) is 28.4. The summed E-state index contributed by atoms with van der Waals surface area (Å²) in [7, 11) is 3.58. The van der Waals surface area contributed by atoms with Crippen molar-refractivity contribution < 1.29 is 14.3 Å². The lowest BCUT2D eigenvalue weighted by Crippen LogP contribution is -2.47. The van der Waals surface area contributed by atoms with Gasteiger partial charge in [-0.25, -0.2) is 0 Å². The van der Waals surface area contributed by atoms with Crippen molar-refractivity contribution in [2.75, 3.05) is 52.2 Å². The second-order valence-corrected chi connectivity index (χ2v) is 6.02. The molecule has 0 aromatic heterocycles. The summed E-state index contributed by atoms with van der Waals surface area (Å²) in [6, 6.07) is 6.97. The fourth-order valence-corrected chi connectivity index (χ4v) is 2.57. The maximum atomic E-state index is 12.5. The van der Waals surface area contributed by atoms with Gasteiger partial charge in [-0.05, 0) is 31.3 Å². The van der Waals surface area contributed by atoms with E-state index in [1.165, 1.54) is 7.11 Å². The number of ether oxygens (including phenoxy) is 1. The maximum Gasteiger partial charge on any atom is 0.253 e. The minimum Gasteiger partial charge on any atom is -0.380 e. The predicted octanol–water partition coefficient (Wildman–Crippen LogP) is 1.22. The van der Waals surface area contributed by atoms with Crippen LogP contribution in [0.25, 0.3) is 0 Å². The number of benzene rings is 1. The Morgan fingerprint density at radius 2 is 1.73 bits per heavy atom. The topological polar surface area (TPSA) is 87.9 Å². The lowest BCUT2D eigenvalue weighted by molar-refractivity contribution is -0.118. The third-order valence-electron chi connectivity index (χ3n) is 4.22. The van der Waals surface area contributed by atoms with E-state index in [1.54, 1.807) is 24.3 Å². The third kappa shape index (κ3) is 7.09. The molecule has 0 spiro atoms. The van der Waals surface area contributed by atoms with E-state index in [4.69, 9.17) is 10.5 Å². The summed E-state index contributed by atoms with van der Waals surface area (Å²) in [5.41, 5.74) is 6.80. The fourth-order valence-electron chi connectivity index (χ4n) is 2.57. The lowest BCUT2D eigenvalue weighted by Gasteiger charge is -2.32. The Kier molecular flexibility index (Phi) is 11.4. The number of rotatable bonds is 6. The van der Waals surface area contributed by atoms with Gasteiger partial charge in [0.05, 0.1) is 12.5 Å². The molecule has 1 aromatic rings. The molecule has 3 N–H and O–H groups in total. The van der Waals surface area contributed by atoms with Gasteiger partial charge in [-0.3, -0.25) is 9.59 Å². The minimum atomic E-state index is -0.289. The highest BCUT2D eigenvalue weighted by Crippen LogP contribution is 2.13. The second-order valence-electron chi connectivity index (χ2n) is 6.02. The Morgan fingerprint density at radius 1 is 1.15 bits per heavy atom. The van der Waals surface area contributed by atoms with Crippen LogP contribution in [0.3, 0.4) is 0 Å². The van der Waals surface area contributed by atoms with Crippen LogP contribution in [0.5, 0.6) is 0 Å². The van der Waals surface area contributed by atoms with E-state index in [9.17, 15) is 9.59 Å². The normalized spacial score (nSPS) is 15.4. The fraction of sp³-hybridized carbons (Fsp3) is 0.529. The van der Waals surface area contributed by atoms with Crippen LogP contribution in [0.4, 0.5) is 5.69 Å². The Bertz CT molecular complexity index is 560. The zero-order chi connectivity index (χ0) is 17.5. The number of hydrogen-bond acceptors (Lipinski definition) is 5. The van der Waals surface area contributed by atoms with E-state index in [-0.39, 0.29) is 49.2 Å². The summed E-state index contributed by atoms with van der Waals surface area (Å²) in [5.74, 6) is -0.131. The first-order valence-electron chi connectivity index (χ1n) is 8.14. The van der Waals surface area contributed by atoms with Gasteiger partial charge in [0.2, 0.25) is 5.91 Å². The number of nitrogens with zero attached hydrogens (tertiary/aromatic N) is 2. The molecule has 1 fully saturated rings. The van der Waals surface area contributed by atoms with E-state index in [0.717, 1.165) is 26.2 Å². The van der Waals surface area contributed by atoms with Crippen molar-refractivity contribution >= 4 is 42.3 Å². The number of nitrogens with one attached hydrogen (secondary N) is 1. The molecule has 26 heavy (non-hydrogen) atoms. The molecule has 1 unspecified atom stereocenters. The number of methoxy groups -OCH3 is 1. The molecular weight excluding hydrogens is 379 g/mol. The SMILES string of the molecule is COC(CN)CC(=O)Nc1ccc(C(=O)N2CCN(C)CC2)cc1.Cl.Cl. The Morgan fingerprint density at radius 3 is 2.23 bits per heavy atom. The van der Waals surface area contributed by atoms with Crippen molar-refractivity contribution in [3.05, 3.63) is 29.8 Å². The minimum absolute atomic E-state index is 0. The summed E-state index contributed by atoms with van der Waals surface area (Å²) in [5, 5.41) is 2.79. The molecule has 1 aromatic carbocycles. The van der Waals surface area contributed by atoms with Crippen LogP contribution in [-0.4, -0.2) is 74.6 Å². The number of likely N-dealkylation sites (N-methyl/N-ethyl adjacent to an activating group) is 1. The molecule has 148 valence electrons. The van der Waals surface area contributed by atoms with Crippen molar-refractivity contribution in [1.82, 2.24) is 9.80 Å². The van der Waals surface area contributed by atoms with Crippen LogP contribution >= 0.6 is 24.8 Å². The third-order valence-corrected chi connectivity index (χ3v) is 4.22. The monoisotopic (exact) mass is 406 g/mol. The molecule has 0 radical (unpaired) electrons. The molecule has 1 saturated heterocycles. The van der Waals surface area contributed by atoms with Crippen molar-refractivity contribution in [3.8, 4) is 0 Å². The number of amides is 2. The number of carbonyl (C=O) groups is 2. The highest BCUT2D eigenvalue weighted by atomic mass is 35.5. The largest absolute Gasteiger partial charge is 0.380 e. The molecule has 2 amide bonds. The van der Waals surface area contributed by atoms with Gasteiger partial charge < -0.3 is 25.6 Å². The number of halogens is 2. The molecule has 0 aliphatic carbocycles. The molecule has 0 saturated carbocycles. The second kappa shape index (κ2) is 12.1. The van der Waals surface area contributed by atoms with Crippen LogP contribution < -0.4 is 11.1 Å². The van der Waals surface area contributed by atoms with Crippen LogP contribution in [-0.2, 0) is 9.53 Å². The summed E-state index contributed by atoms with van der Waals surface area (Å²) in [6.07, 6.45) is -0.0855. The van der Waals surface area contributed by atoms with E-state index in [2.05, 4.69) is 17.3 Å². The zero-order valence-corrected chi connectivity index (χ0v) is 16.8. The van der Waals surface area contributed by atoms with Crippen LogP contribution in [0, 0.1) is 0 Å². The van der Waals surface area contributed by atoms with E-state index in [0.29, 0.717) is 17.8 Å². The van der Waals surface area contributed by atoms with Gasteiger partial charge >= 0.3 is 0 Å². The van der Waals surface area contributed by atoms with Gasteiger partial charge in [-0.15, -0.1) is 24.8 Å². The molecule has 2 rings (SSSR count). The van der Waals surface area contributed by atoms with E-state index >= 15 is 0 Å². The molecule has 9 heteroatoms. The van der Waals surface area contributed by atoms with Gasteiger partial charge in [-0.2, -0.15) is 0 Å². The quantitative estimate of drug-likeness (QED) is 0.741. The lowest BCUT2D eigenvalue weighted by atomic mass is 10.1. The van der Waals surface area contributed by atoms with E-state index < -0.39 is 0 Å². The Hall–Kier alpha value is -1.38. The number of hydrogen-bond donors (Lipinski definition) is 2. The number of carbonyl (C=O) groups excluding carboxylic acids is 2. The van der Waals surface area contributed by atoms with Crippen molar-refractivity contribution in [2.24, 2.45) is 5.73 Å².